The molecule has 0 amide bonds. The van der Waals surface area contributed by atoms with Crippen LogP contribution in [0.4, 0.5) is 10.1 Å². The number of ether oxygens (including phenoxy) is 1. The van der Waals surface area contributed by atoms with Crippen molar-refractivity contribution in [3.05, 3.63) is 59.1 Å². The molecule has 1 saturated carbocycles. The zero-order valence-electron chi connectivity index (χ0n) is 14.5. The number of alkyl halides is 1. The van der Waals surface area contributed by atoms with E-state index in [2.05, 4.69) is 0 Å². The molecule has 2 unspecified atom stereocenters. The Morgan fingerprint density at radius 2 is 1.77 bits per heavy atom. The second-order valence-corrected chi connectivity index (χ2v) is 7.76. The van der Waals surface area contributed by atoms with Crippen LogP contribution < -0.4 is 4.31 Å². The molecule has 1 fully saturated rings. The Labute approximate surface area is 162 Å². The summed E-state index contributed by atoms with van der Waals surface area (Å²) in [5.74, 6) is -0.380. The fourth-order valence-electron chi connectivity index (χ4n) is 3.11. The van der Waals surface area contributed by atoms with Crippen molar-refractivity contribution in [3.8, 4) is 0 Å². The minimum atomic E-state index is -0.871. The predicted molar refractivity (Wildman–Crippen MR) is 105 cm³/mol. The largest absolute Gasteiger partial charge is 0.465 e. The first-order valence-electron chi connectivity index (χ1n) is 8.63. The molecule has 0 spiro atoms. The molecule has 0 aromatic heterocycles. The lowest BCUT2D eigenvalue weighted by atomic mass is 9.93. The SMILES string of the molecule is COC(=O)c1ccc(N(Sc2ccc(Cl)cc2)C2CCCCC2F)cc1. The number of benzene rings is 2. The van der Waals surface area contributed by atoms with E-state index in [1.807, 2.05) is 40.7 Å². The molecule has 0 saturated heterocycles. The zero-order chi connectivity index (χ0) is 18.5. The zero-order valence-corrected chi connectivity index (χ0v) is 16.1. The maximum Gasteiger partial charge on any atom is 0.337 e. The lowest BCUT2D eigenvalue weighted by Crippen LogP contribution is -2.39. The van der Waals surface area contributed by atoms with E-state index in [1.54, 1.807) is 12.1 Å². The van der Waals surface area contributed by atoms with Gasteiger partial charge in [-0.15, -0.1) is 0 Å². The Bertz CT molecular complexity index is 738. The van der Waals surface area contributed by atoms with E-state index >= 15 is 0 Å². The number of methoxy groups -OCH3 is 1. The van der Waals surface area contributed by atoms with Gasteiger partial charge in [0, 0.05) is 15.6 Å². The molecule has 1 aliphatic rings. The summed E-state index contributed by atoms with van der Waals surface area (Å²) in [5.41, 5.74) is 1.35. The minimum Gasteiger partial charge on any atom is -0.465 e. The number of hydrogen-bond donors (Lipinski definition) is 0. The molecule has 138 valence electrons. The highest BCUT2D eigenvalue weighted by Crippen LogP contribution is 2.37. The molecular weight excluding hydrogens is 373 g/mol. The summed E-state index contributed by atoms with van der Waals surface area (Å²) < 4.78 is 21.4. The normalized spacial score (nSPS) is 19.8. The van der Waals surface area contributed by atoms with Crippen molar-refractivity contribution in [2.45, 2.75) is 42.8 Å². The number of nitrogens with zero attached hydrogens (tertiary/aromatic N) is 1. The molecule has 1 aliphatic carbocycles. The molecule has 0 heterocycles. The lowest BCUT2D eigenvalue weighted by Gasteiger charge is -2.37. The van der Waals surface area contributed by atoms with Crippen LogP contribution in [-0.4, -0.2) is 25.3 Å². The highest BCUT2D eigenvalue weighted by Gasteiger charge is 2.31. The Hall–Kier alpha value is -1.72. The maximum atomic E-state index is 14.7. The van der Waals surface area contributed by atoms with Crippen molar-refractivity contribution in [3.63, 3.8) is 0 Å². The van der Waals surface area contributed by atoms with Gasteiger partial charge in [0.05, 0.1) is 18.7 Å². The van der Waals surface area contributed by atoms with Gasteiger partial charge in [0.25, 0.3) is 0 Å². The van der Waals surface area contributed by atoms with Crippen LogP contribution in [0.1, 0.15) is 36.0 Å². The van der Waals surface area contributed by atoms with Gasteiger partial charge in [-0.05, 0) is 73.3 Å². The van der Waals surface area contributed by atoms with Crippen molar-refractivity contribution in [1.29, 1.82) is 0 Å². The van der Waals surface area contributed by atoms with Gasteiger partial charge >= 0.3 is 5.97 Å². The molecule has 6 heteroatoms. The average Bonchev–Trinajstić information content (AvgIpc) is 2.68. The van der Waals surface area contributed by atoms with Gasteiger partial charge in [-0.3, -0.25) is 0 Å². The fourth-order valence-corrected chi connectivity index (χ4v) is 4.32. The van der Waals surface area contributed by atoms with Gasteiger partial charge < -0.3 is 9.04 Å². The van der Waals surface area contributed by atoms with E-state index in [0.717, 1.165) is 29.8 Å². The molecule has 3 rings (SSSR count). The second kappa shape index (κ2) is 8.78. The van der Waals surface area contributed by atoms with E-state index in [4.69, 9.17) is 16.3 Å². The Balaban J connectivity index is 1.88. The summed E-state index contributed by atoms with van der Waals surface area (Å²) in [6.45, 7) is 0. The van der Waals surface area contributed by atoms with Gasteiger partial charge in [0.15, 0.2) is 0 Å². The third-order valence-electron chi connectivity index (χ3n) is 4.51. The van der Waals surface area contributed by atoms with Crippen molar-refractivity contribution >= 4 is 35.2 Å². The predicted octanol–water partition coefficient (Wildman–Crippen LogP) is 5.92. The van der Waals surface area contributed by atoms with Gasteiger partial charge in [-0.1, -0.05) is 24.4 Å². The van der Waals surface area contributed by atoms with Crippen LogP contribution in [0.15, 0.2) is 53.4 Å². The summed E-state index contributed by atoms with van der Waals surface area (Å²) in [5, 5.41) is 0.671. The van der Waals surface area contributed by atoms with E-state index in [0.29, 0.717) is 17.0 Å². The second-order valence-electron chi connectivity index (χ2n) is 6.28. The van der Waals surface area contributed by atoms with Crippen molar-refractivity contribution < 1.29 is 13.9 Å². The van der Waals surface area contributed by atoms with Crippen molar-refractivity contribution in [2.75, 3.05) is 11.4 Å². The molecule has 0 aliphatic heterocycles. The quantitative estimate of drug-likeness (QED) is 0.465. The van der Waals surface area contributed by atoms with Gasteiger partial charge in [0.1, 0.15) is 6.17 Å². The smallest absolute Gasteiger partial charge is 0.337 e. The number of carbonyl (C=O) groups is 1. The first-order chi connectivity index (χ1) is 12.6. The van der Waals surface area contributed by atoms with E-state index in [-0.39, 0.29) is 12.0 Å². The van der Waals surface area contributed by atoms with Crippen LogP contribution in [0.5, 0.6) is 0 Å². The molecule has 3 nitrogen and oxygen atoms in total. The van der Waals surface area contributed by atoms with E-state index in [9.17, 15) is 9.18 Å². The van der Waals surface area contributed by atoms with Gasteiger partial charge in [-0.25, -0.2) is 9.18 Å². The van der Waals surface area contributed by atoms with Crippen LogP contribution in [0, 0.1) is 0 Å². The average molecular weight is 394 g/mol. The minimum absolute atomic E-state index is 0.201. The summed E-state index contributed by atoms with van der Waals surface area (Å²) >= 11 is 7.47. The molecule has 0 bridgehead atoms. The Kier molecular flexibility index (Phi) is 6.43. The molecule has 26 heavy (non-hydrogen) atoms. The van der Waals surface area contributed by atoms with Gasteiger partial charge in [-0.2, -0.15) is 0 Å². The molecule has 0 N–H and O–H groups in total. The van der Waals surface area contributed by atoms with Crippen LogP contribution in [0.25, 0.3) is 0 Å². The molecular formula is C20H21ClFNO2S. The van der Waals surface area contributed by atoms with Crippen LogP contribution in [-0.2, 0) is 4.74 Å². The maximum absolute atomic E-state index is 14.7. The Morgan fingerprint density at radius 1 is 1.12 bits per heavy atom. The monoisotopic (exact) mass is 393 g/mol. The third kappa shape index (κ3) is 4.51. The number of esters is 1. The van der Waals surface area contributed by atoms with E-state index in [1.165, 1.54) is 19.1 Å². The highest BCUT2D eigenvalue weighted by atomic mass is 35.5. The lowest BCUT2D eigenvalue weighted by molar-refractivity contribution is 0.0600. The first-order valence-corrected chi connectivity index (χ1v) is 9.79. The third-order valence-corrected chi connectivity index (χ3v) is 5.92. The molecule has 2 aromatic carbocycles. The molecule has 2 atom stereocenters. The van der Waals surface area contributed by atoms with Crippen molar-refractivity contribution in [2.24, 2.45) is 0 Å². The standard InChI is InChI=1S/C20H21ClFNO2S/c1-25-20(24)14-6-10-16(11-7-14)23(19-5-3-2-4-18(19)22)26-17-12-8-15(21)9-13-17/h6-13,18-19H,2-5H2,1H3. The molecule has 2 aromatic rings. The summed E-state index contributed by atoms with van der Waals surface area (Å²) in [6, 6.07) is 14.4. The Morgan fingerprint density at radius 3 is 2.38 bits per heavy atom. The van der Waals surface area contributed by atoms with Crippen LogP contribution in [0.3, 0.4) is 0 Å². The summed E-state index contributed by atoms with van der Waals surface area (Å²) in [7, 11) is 1.36. The van der Waals surface area contributed by atoms with Crippen molar-refractivity contribution in [1.82, 2.24) is 0 Å². The number of carbonyl (C=O) groups excluding carboxylic acids is 1. The van der Waals surface area contributed by atoms with Crippen LogP contribution in [0.2, 0.25) is 5.02 Å². The summed E-state index contributed by atoms with van der Waals surface area (Å²) in [6.07, 6.45) is 2.47. The van der Waals surface area contributed by atoms with E-state index < -0.39 is 6.17 Å². The molecule has 0 radical (unpaired) electrons. The number of halogens is 2. The number of anilines is 1. The number of rotatable bonds is 5. The van der Waals surface area contributed by atoms with Gasteiger partial charge in [0.2, 0.25) is 0 Å². The summed E-state index contributed by atoms with van der Waals surface area (Å²) in [4.78, 5) is 12.6. The first kappa shape index (κ1) is 19.1. The topological polar surface area (TPSA) is 29.5 Å². The van der Waals surface area contributed by atoms with Crippen LogP contribution >= 0.6 is 23.5 Å². The fraction of sp³-hybridized carbons (Fsp3) is 0.350. The number of hydrogen-bond acceptors (Lipinski definition) is 4. The highest BCUT2D eigenvalue weighted by molar-refractivity contribution is 8.00.